The van der Waals surface area contributed by atoms with Gasteiger partial charge in [0.05, 0.1) is 0 Å². The third-order valence-corrected chi connectivity index (χ3v) is 2.30. The number of hydrogen-bond acceptors (Lipinski definition) is 1. The van der Waals surface area contributed by atoms with Gasteiger partial charge in [-0.15, -0.1) is 0 Å². The third kappa shape index (κ3) is 3.73. The maximum absolute atomic E-state index is 11.4. The monoisotopic (exact) mass is 190 g/mol. The van der Waals surface area contributed by atoms with Crippen molar-refractivity contribution in [2.24, 2.45) is 0 Å². The van der Waals surface area contributed by atoms with Crippen molar-refractivity contribution in [3.05, 3.63) is 35.5 Å². The van der Waals surface area contributed by atoms with Gasteiger partial charge >= 0.3 is 0 Å². The number of rotatable bonds is 4. The van der Waals surface area contributed by atoms with Crippen molar-refractivity contribution in [2.75, 3.05) is 0 Å². The van der Waals surface area contributed by atoms with Crippen LogP contribution >= 0.6 is 0 Å². The average Bonchev–Trinajstić information content (AvgIpc) is 2.15. The average molecular weight is 190 g/mol. The van der Waals surface area contributed by atoms with Gasteiger partial charge in [0, 0.05) is 6.42 Å². The Labute approximate surface area is 86.2 Å². The molecule has 0 unspecified atom stereocenters. The summed E-state index contributed by atoms with van der Waals surface area (Å²) in [5.74, 6) is 0.296. The summed E-state index contributed by atoms with van der Waals surface area (Å²) >= 11 is 0. The molecule has 0 N–H and O–H groups in total. The van der Waals surface area contributed by atoms with Gasteiger partial charge in [0.1, 0.15) is 0 Å². The van der Waals surface area contributed by atoms with Crippen LogP contribution in [0, 0.1) is 0 Å². The first-order valence-corrected chi connectivity index (χ1v) is 5.22. The molecular formula is C13H18O. The van der Waals surface area contributed by atoms with Crippen molar-refractivity contribution in [1.82, 2.24) is 0 Å². The largest absolute Gasteiger partial charge is 0.294 e. The van der Waals surface area contributed by atoms with E-state index in [0.717, 1.165) is 24.8 Å². The van der Waals surface area contributed by atoms with Gasteiger partial charge in [0.2, 0.25) is 0 Å². The van der Waals surface area contributed by atoms with Crippen LogP contribution < -0.4 is 0 Å². The molecule has 0 spiro atoms. The van der Waals surface area contributed by atoms with Crippen molar-refractivity contribution >= 4 is 5.78 Å². The van der Waals surface area contributed by atoms with E-state index in [1.807, 2.05) is 18.2 Å². The van der Waals surface area contributed by atoms with E-state index in [-0.39, 0.29) is 0 Å². The summed E-state index contributed by atoms with van der Waals surface area (Å²) in [6.45, 7) is 4.21. The Morgan fingerprint density at radius 3 is 2.93 bits per heavy atom. The number of unbranched alkanes of at least 4 members (excludes halogenated alkanes) is 1. The van der Waals surface area contributed by atoms with E-state index in [2.05, 4.69) is 19.9 Å². The predicted molar refractivity (Wildman–Crippen MR) is 60.1 cm³/mol. The van der Waals surface area contributed by atoms with Crippen LogP contribution in [0.1, 0.15) is 39.5 Å². The molecule has 0 aromatic carbocycles. The zero-order chi connectivity index (χ0) is 10.4. The van der Waals surface area contributed by atoms with Crippen molar-refractivity contribution in [3.63, 3.8) is 0 Å². The molecule has 0 heterocycles. The molecule has 1 heteroatoms. The van der Waals surface area contributed by atoms with Gasteiger partial charge < -0.3 is 0 Å². The van der Waals surface area contributed by atoms with Crippen LogP contribution in [0.5, 0.6) is 0 Å². The van der Waals surface area contributed by atoms with E-state index in [9.17, 15) is 4.79 Å². The SMILES string of the molecule is CC(C)=CCCCC1=CC=CCC1=O. The Kier molecular flexibility index (Phi) is 4.37. The zero-order valence-corrected chi connectivity index (χ0v) is 9.05. The molecule has 0 saturated carbocycles. The second-order valence-corrected chi connectivity index (χ2v) is 3.92. The lowest BCUT2D eigenvalue weighted by Gasteiger charge is -2.06. The molecule has 0 fully saturated rings. The molecule has 76 valence electrons. The van der Waals surface area contributed by atoms with Crippen LogP contribution in [-0.2, 0) is 4.79 Å². The molecule has 0 atom stereocenters. The van der Waals surface area contributed by atoms with Crippen LogP contribution in [0.2, 0.25) is 0 Å². The first-order valence-electron chi connectivity index (χ1n) is 5.22. The highest BCUT2D eigenvalue weighted by atomic mass is 16.1. The number of Topliss-reactive ketones (excluding diaryl/α,β-unsaturated/α-hetero) is 1. The molecule has 14 heavy (non-hydrogen) atoms. The van der Waals surface area contributed by atoms with Gasteiger partial charge in [-0.1, -0.05) is 29.9 Å². The summed E-state index contributed by atoms with van der Waals surface area (Å²) in [5.41, 5.74) is 2.35. The van der Waals surface area contributed by atoms with Crippen molar-refractivity contribution < 1.29 is 4.79 Å². The summed E-state index contributed by atoms with van der Waals surface area (Å²) in [7, 11) is 0. The highest BCUT2D eigenvalue weighted by molar-refractivity contribution is 5.97. The van der Waals surface area contributed by atoms with Gasteiger partial charge in [-0.2, -0.15) is 0 Å². The molecule has 0 aromatic rings. The van der Waals surface area contributed by atoms with Crippen LogP contribution in [-0.4, -0.2) is 5.78 Å². The second kappa shape index (κ2) is 5.58. The fourth-order valence-electron chi connectivity index (χ4n) is 1.49. The zero-order valence-electron chi connectivity index (χ0n) is 9.05. The molecule has 0 bridgehead atoms. The fraction of sp³-hybridized carbons (Fsp3) is 0.462. The highest BCUT2D eigenvalue weighted by Gasteiger charge is 2.08. The minimum atomic E-state index is 0.296. The van der Waals surface area contributed by atoms with Gasteiger partial charge in [0.25, 0.3) is 0 Å². The van der Waals surface area contributed by atoms with Crippen molar-refractivity contribution in [3.8, 4) is 0 Å². The molecule has 1 aliphatic carbocycles. The van der Waals surface area contributed by atoms with Gasteiger partial charge in [-0.05, 0) is 38.7 Å². The summed E-state index contributed by atoms with van der Waals surface area (Å²) in [4.78, 5) is 11.4. The lowest BCUT2D eigenvalue weighted by Crippen LogP contribution is -2.03. The van der Waals surface area contributed by atoms with Gasteiger partial charge in [0.15, 0.2) is 5.78 Å². The quantitative estimate of drug-likeness (QED) is 0.489. The summed E-state index contributed by atoms with van der Waals surface area (Å²) in [6, 6.07) is 0. The molecule has 0 radical (unpaired) electrons. The van der Waals surface area contributed by atoms with Crippen molar-refractivity contribution in [1.29, 1.82) is 0 Å². The van der Waals surface area contributed by atoms with Crippen LogP contribution in [0.15, 0.2) is 35.5 Å². The van der Waals surface area contributed by atoms with Gasteiger partial charge in [-0.25, -0.2) is 0 Å². The molecule has 0 aliphatic heterocycles. The lowest BCUT2D eigenvalue weighted by molar-refractivity contribution is -0.115. The fourth-order valence-corrected chi connectivity index (χ4v) is 1.49. The molecular weight excluding hydrogens is 172 g/mol. The number of carbonyl (C=O) groups excluding carboxylic acids is 1. The summed E-state index contributed by atoms with van der Waals surface area (Å²) in [6.07, 6.45) is 11.8. The first-order chi connectivity index (χ1) is 6.70. The van der Waals surface area contributed by atoms with E-state index in [0.29, 0.717) is 12.2 Å². The first kappa shape index (κ1) is 11.0. The lowest BCUT2D eigenvalue weighted by atomic mass is 9.98. The highest BCUT2D eigenvalue weighted by Crippen LogP contribution is 2.15. The van der Waals surface area contributed by atoms with E-state index in [1.54, 1.807) is 0 Å². The summed E-state index contributed by atoms with van der Waals surface area (Å²) < 4.78 is 0. The minimum absolute atomic E-state index is 0.296. The summed E-state index contributed by atoms with van der Waals surface area (Å²) in [5, 5.41) is 0. The van der Waals surface area contributed by atoms with Crippen LogP contribution in [0.3, 0.4) is 0 Å². The normalized spacial score (nSPS) is 15.3. The van der Waals surface area contributed by atoms with Gasteiger partial charge in [-0.3, -0.25) is 4.79 Å². The Bertz CT molecular complexity index is 288. The van der Waals surface area contributed by atoms with Crippen LogP contribution in [0.25, 0.3) is 0 Å². The molecule has 1 rings (SSSR count). The maximum atomic E-state index is 11.4. The molecule has 0 amide bonds. The number of carbonyl (C=O) groups is 1. The second-order valence-electron chi connectivity index (χ2n) is 3.92. The molecule has 0 aromatic heterocycles. The Hall–Kier alpha value is -1.11. The van der Waals surface area contributed by atoms with Crippen LogP contribution in [0.4, 0.5) is 0 Å². The minimum Gasteiger partial charge on any atom is -0.294 e. The van der Waals surface area contributed by atoms with E-state index >= 15 is 0 Å². The molecule has 1 nitrogen and oxygen atoms in total. The Morgan fingerprint density at radius 1 is 1.50 bits per heavy atom. The Balaban J connectivity index is 2.31. The van der Waals surface area contributed by atoms with E-state index in [4.69, 9.17) is 0 Å². The topological polar surface area (TPSA) is 17.1 Å². The van der Waals surface area contributed by atoms with E-state index in [1.165, 1.54) is 5.57 Å². The maximum Gasteiger partial charge on any atom is 0.162 e. The smallest absolute Gasteiger partial charge is 0.162 e. The Morgan fingerprint density at radius 2 is 2.29 bits per heavy atom. The van der Waals surface area contributed by atoms with Crippen molar-refractivity contribution in [2.45, 2.75) is 39.5 Å². The predicted octanol–water partition coefficient (Wildman–Crippen LogP) is 3.58. The van der Waals surface area contributed by atoms with E-state index < -0.39 is 0 Å². The molecule has 0 saturated heterocycles. The number of allylic oxidation sites excluding steroid dienone is 6. The molecule has 1 aliphatic rings. The number of ketones is 1. The number of hydrogen-bond donors (Lipinski definition) is 0. The standard InChI is InChI=1S/C13H18O/c1-11(2)7-3-4-8-12-9-5-6-10-13(12)14/h5-7,9H,3-4,8,10H2,1-2H3. The third-order valence-electron chi connectivity index (χ3n) is 2.30.